The molecule has 0 aromatic carbocycles. The van der Waals surface area contributed by atoms with Crippen LogP contribution in [-0.4, -0.2) is 11.4 Å². The number of hydrogen-bond donors (Lipinski definition) is 1. The van der Waals surface area contributed by atoms with E-state index in [0.717, 1.165) is 12.8 Å². The lowest BCUT2D eigenvalue weighted by Crippen LogP contribution is -2.46. The first-order valence-electron chi connectivity index (χ1n) is 5.37. The standard InChI is InChI=1S/C11H21NO/c1-4-11(3)7-5-6-9(2)8-10(13)12-11/h9H,4-8H2,1-3H3,(H,12,13)/t9-,11?/m1/s1. The number of hydrogen-bond acceptors (Lipinski definition) is 1. The molecular formula is C11H21NO. The summed E-state index contributed by atoms with van der Waals surface area (Å²) in [6.45, 7) is 6.46. The molecule has 1 aliphatic rings. The Hall–Kier alpha value is -0.530. The van der Waals surface area contributed by atoms with E-state index in [4.69, 9.17) is 0 Å². The molecule has 0 aromatic heterocycles. The van der Waals surface area contributed by atoms with E-state index in [1.807, 2.05) is 0 Å². The molecule has 0 saturated carbocycles. The molecule has 0 bridgehead atoms. The molecular weight excluding hydrogens is 162 g/mol. The maximum atomic E-state index is 11.5. The van der Waals surface area contributed by atoms with E-state index in [1.165, 1.54) is 12.8 Å². The number of rotatable bonds is 1. The average Bonchev–Trinajstić information content (AvgIpc) is 2.01. The van der Waals surface area contributed by atoms with Gasteiger partial charge in [-0.05, 0) is 25.7 Å². The van der Waals surface area contributed by atoms with Gasteiger partial charge in [0.1, 0.15) is 0 Å². The van der Waals surface area contributed by atoms with Crippen LogP contribution >= 0.6 is 0 Å². The van der Waals surface area contributed by atoms with Gasteiger partial charge in [0.2, 0.25) is 5.91 Å². The van der Waals surface area contributed by atoms with Gasteiger partial charge in [0, 0.05) is 12.0 Å². The molecule has 0 aliphatic carbocycles. The third-order valence-corrected chi connectivity index (χ3v) is 3.18. The second-order valence-electron chi connectivity index (χ2n) is 4.66. The fraction of sp³-hybridized carbons (Fsp3) is 0.909. The highest BCUT2D eigenvalue weighted by atomic mass is 16.1. The lowest BCUT2D eigenvalue weighted by Gasteiger charge is -2.32. The predicted molar refractivity (Wildman–Crippen MR) is 54.5 cm³/mol. The summed E-state index contributed by atoms with van der Waals surface area (Å²) < 4.78 is 0. The van der Waals surface area contributed by atoms with Crippen LogP contribution in [0.5, 0.6) is 0 Å². The lowest BCUT2D eigenvalue weighted by molar-refractivity contribution is -0.124. The van der Waals surface area contributed by atoms with Crippen LogP contribution < -0.4 is 5.32 Å². The molecule has 1 aliphatic heterocycles. The second kappa shape index (κ2) is 4.12. The average molecular weight is 183 g/mol. The number of carbonyl (C=O) groups excluding carboxylic acids is 1. The lowest BCUT2D eigenvalue weighted by atomic mass is 9.86. The Kier molecular flexibility index (Phi) is 3.34. The van der Waals surface area contributed by atoms with Gasteiger partial charge in [0.15, 0.2) is 0 Å². The minimum Gasteiger partial charge on any atom is -0.351 e. The Bertz CT molecular complexity index is 191. The first-order chi connectivity index (χ1) is 6.06. The zero-order chi connectivity index (χ0) is 9.90. The highest BCUT2D eigenvalue weighted by Gasteiger charge is 2.26. The predicted octanol–water partition coefficient (Wildman–Crippen LogP) is 2.48. The molecule has 0 radical (unpaired) electrons. The van der Waals surface area contributed by atoms with Crippen LogP contribution in [0.2, 0.25) is 0 Å². The quantitative estimate of drug-likeness (QED) is 0.665. The molecule has 2 atom stereocenters. The van der Waals surface area contributed by atoms with Gasteiger partial charge >= 0.3 is 0 Å². The van der Waals surface area contributed by atoms with Gasteiger partial charge in [0.05, 0.1) is 0 Å². The number of carbonyl (C=O) groups is 1. The Labute approximate surface area is 81.1 Å². The zero-order valence-electron chi connectivity index (χ0n) is 9.02. The molecule has 2 heteroatoms. The van der Waals surface area contributed by atoms with Gasteiger partial charge in [-0.15, -0.1) is 0 Å². The minimum atomic E-state index is 0.0528. The number of amides is 1. The van der Waals surface area contributed by atoms with E-state index >= 15 is 0 Å². The van der Waals surface area contributed by atoms with E-state index in [0.29, 0.717) is 12.3 Å². The van der Waals surface area contributed by atoms with Crippen LogP contribution in [-0.2, 0) is 4.79 Å². The van der Waals surface area contributed by atoms with Crippen molar-refractivity contribution in [1.82, 2.24) is 5.32 Å². The maximum absolute atomic E-state index is 11.5. The van der Waals surface area contributed by atoms with Crippen molar-refractivity contribution in [3.8, 4) is 0 Å². The molecule has 0 spiro atoms. The fourth-order valence-corrected chi connectivity index (χ4v) is 1.97. The monoisotopic (exact) mass is 183 g/mol. The molecule has 0 aromatic rings. The molecule has 1 N–H and O–H groups in total. The van der Waals surface area contributed by atoms with Gasteiger partial charge in [0.25, 0.3) is 0 Å². The van der Waals surface area contributed by atoms with Crippen molar-refractivity contribution in [1.29, 1.82) is 0 Å². The van der Waals surface area contributed by atoms with Crippen molar-refractivity contribution in [2.75, 3.05) is 0 Å². The first kappa shape index (κ1) is 10.6. The summed E-state index contributed by atoms with van der Waals surface area (Å²) >= 11 is 0. The van der Waals surface area contributed by atoms with E-state index in [-0.39, 0.29) is 11.4 Å². The van der Waals surface area contributed by atoms with Gasteiger partial charge in [-0.3, -0.25) is 4.79 Å². The normalized spacial score (nSPS) is 36.2. The van der Waals surface area contributed by atoms with Crippen LogP contribution in [0.15, 0.2) is 0 Å². The third-order valence-electron chi connectivity index (χ3n) is 3.18. The van der Waals surface area contributed by atoms with Crippen molar-refractivity contribution in [3.63, 3.8) is 0 Å². The van der Waals surface area contributed by atoms with Crippen LogP contribution in [0.4, 0.5) is 0 Å². The Morgan fingerprint density at radius 1 is 1.62 bits per heavy atom. The summed E-state index contributed by atoms with van der Waals surface area (Å²) in [5, 5.41) is 3.14. The second-order valence-corrected chi connectivity index (χ2v) is 4.66. The number of nitrogens with one attached hydrogen (secondary N) is 1. The van der Waals surface area contributed by atoms with Crippen molar-refractivity contribution < 1.29 is 4.79 Å². The maximum Gasteiger partial charge on any atom is 0.220 e. The van der Waals surface area contributed by atoms with E-state index < -0.39 is 0 Å². The molecule has 1 saturated heterocycles. The van der Waals surface area contributed by atoms with Crippen molar-refractivity contribution >= 4 is 5.91 Å². The van der Waals surface area contributed by atoms with E-state index in [2.05, 4.69) is 26.1 Å². The van der Waals surface area contributed by atoms with Gasteiger partial charge in [-0.25, -0.2) is 0 Å². The molecule has 1 amide bonds. The highest BCUT2D eigenvalue weighted by molar-refractivity contribution is 5.77. The summed E-state index contributed by atoms with van der Waals surface area (Å²) in [7, 11) is 0. The van der Waals surface area contributed by atoms with Crippen molar-refractivity contribution in [3.05, 3.63) is 0 Å². The largest absolute Gasteiger partial charge is 0.351 e. The van der Waals surface area contributed by atoms with Crippen LogP contribution in [0.1, 0.15) is 52.9 Å². The summed E-state index contributed by atoms with van der Waals surface area (Å²) in [4.78, 5) is 11.5. The van der Waals surface area contributed by atoms with Gasteiger partial charge in [-0.1, -0.05) is 26.7 Å². The highest BCUT2D eigenvalue weighted by Crippen LogP contribution is 2.24. The van der Waals surface area contributed by atoms with Gasteiger partial charge in [-0.2, -0.15) is 0 Å². The molecule has 2 nitrogen and oxygen atoms in total. The summed E-state index contributed by atoms with van der Waals surface area (Å²) in [6, 6.07) is 0. The molecule has 1 fully saturated rings. The van der Waals surface area contributed by atoms with Gasteiger partial charge < -0.3 is 5.32 Å². The Morgan fingerprint density at radius 3 is 2.92 bits per heavy atom. The third kappa shape index (κ3) is 3.02. The molecule has 76 valence electrons. The van der Waals surface area contributed by atoms with Crippen LogP contribution in [0, 0.1) is 5.92 Å². The SMILES string of the molecule is CCC1(C)CCC[C@@H](C)CC(=O)N1. The van der Waals surface area contributed by atoms with E-state index in [9.17, 15) is 4.79 Å². The Balaban J connectivity index is 2.59. The fourth-order valence-electron chi connectivity index (χ4n) is 1.97. The van der Waals surface area contributed by atoms with E-state index in [1.54, 1.807) is 0 Å². The molecule has 1 heterocycles. The topological polar surface area (TPSA) is 29.1 Å². The zero-order valence-corrected chi connectivity index (χ0v) is 9.02. The Morgan fingerprint density at radius 2 is 2.31 bits per heavy atom. The van der Waals surface area contributed by atoms with Crippen molar-refractivity contribution in [2.45, 2.75) is 58.4 Å². The summed E-state index contributed by atoms with van der Waals surface area (Å²) in [5.41, 5.74) is 0.0528. The summed E-state index contributed by atoms with van der Waals surface area (Å²) in [6.07, 6.45) is 5.30. The van der Waals surface area contributed by atoms with Crippen molar-refractivity contribution in [2.24, 2.45) is 5.92 Å². The smallest absolute Gasteiger partial charge is 0.220 e. The molecule has 13 heavy (non-hydrogen) atoms. The molecule has 1 unspecified atom stereocenters. The minimum absolute atomic E-state index is 0.0528. The van der Waals surface area contributed by atoms with Crippen LogP contribution in [0.3, 0.4) is 0 Å². The summed E-state index contributed by atoms with van der Waals surface area (Å²) in [5.74, 6) is 0.790. The molecule has 1 rings (SSSR count). The first-order valence-corrected chi connectivity index (χ1v) is 5.37. The van der Waals surface area contributed by atoms with Crippen LogP contribution in [0.25, 0.3) is 0 Å².